The summed E-state index contributed by atoms with van der Waals surface area (Å²) in [5.74, 6) is 0.597. The molecule has 0 atom stereocenters. The molecule has 0 aromatic carbocycles. The van der Waals surface area contributed by atoms with E-state index in [2.05, 4.69) is 10.1 Å². The first-order valence-corrected chi connectivity index (χ1v) is 2.92. The fourth-order valence-electron chi connectivity index (χ4n) is 0.685. The number of ether oxygens (including phenoxy) is 1. The maximum atomic E-state index is 5.29. The molecule has 11 heavy (non-hydrogen) atoms. The monoisotopic (exact) mass is 178 g/mol. The van der Waals surface area contributed by atoms with E-state index in [1.54, 1.807) is 18.8 Å². The quantitative estimate of drug-likeness (QED) is 0.676. The Balaban J connectivity index is 0.000001000. The van der Waals surface area contributed by atoms with Gasteiger partial charge in [-0.3, -0.25) is 0 Å². The van der Waals surface area contributed by atoms with E-state index in [1.165, 1.54) is 0 Å². The Morgan fingerprint density at radius 1 is 1.64 bits per heavy atom. The van der Waals surface area contributed by atoms with Gasteiger partial charge in [-0.1, -0.05) is 0 Å². The van der Waals surface area contributed by atoms with Crippen molar-refractivity contribution in [3.63, 3.8) is 0 Å². The highest BCUT2D eigenvalue weighted by atomic mass is 35.5. The normalized spacial score (nSPS) is 9.00. The Hall–Kier alpha value is -0.810. The van der Waals surface area contributed by atoms with Gasteiger partial charge in [0.1, 0.15) is 0 Å². The fourth-order valence-corrected chi connectivity index (χ4v) is 0.685. The van der Waals surface area contributed by atoms with Gasteiger partial charge in [-0.2, -0.15) is 10.1 Å². The van der Waals surface area contributed by atoms with Crippen molar-refractivity contribution in [2.24, 2.45) is 12.8 Å². The lowest BCUT2D eigenvalue weighted by Crippen LogP contribution is -1.99. The number of aryl methyl sites for hydroxylation is 1. The molecular weight excluding hydrogens is 168 g/mol. The first-order valence-electron chi connectivity index (χ1n) is 2.92. The van der Waals surface area contributed by atoms with Crippen LogP contribution in [-0.4, -0.2) is 21.9 Å². The molecule has 0 spiro atoms. The Bertz CT molecular complexity index is 224. The van der Waals surface area contributed by atoms with Crippen LogP contribution >= 0.6 is 12.4 Å². The van der Waals surface area contributed by atoms with E-state index in [9.17, 15) is 0 Å². The summed E-state index contributed by atoms with van der Waals surface area (Å²) in [7, 11) is 3.30. The summed E-state index contributed by atoms with van der Waals surface area (Å²) in [6, 6.07) is 0.487. The van der Waals surface area contributed by atoms with Gasteiger partial charge in [0, 0.05) is 7.05 Å². The summed E-state index contributed by atoms with van der Waals surface area (Å²) in [5, 5.41) is 3.96. The maximum absolute atomic E-state index is 5.29. The number of rotatable bonds is 2. The number of halogens is 1. The van der Waals surface area contributed by atoms with Crippen LogP contribution in [0.4, 0.5) is 0 Å². The molecule has 0 radical (unpaired) electrons. The molecule has 0 aliphatic carbocycles. The van der Waals surface area contributed by atoms with Crippen molar-refractivity contribution in [3.8, 4) is 6.01 Å². The molecular formula is C5H11ClN4O. The Kier molecular flexibility index (Phi) is 3.84. The topological polar surface area (TPSA) is 66.0 Å². The summed E-state index contributed by atoms with van der Waals surface area (Å²) in [6.07, 6.45) is 0. The zero-order valence-electron chi connectivity index (χ0n) is 6.44. The molecule has 0 unspecified atom stereocenters. The molecule has 1 rings (SSSR count). The molecule has 0 saturated carbocycles. The van der Waals surface area contributed by atoms with Gasteiger partial charge in [-0.25, -0.2) is 4.68 Å². The van der Waals surface area contributed by atoms with Gasteiger partial charge >= 0.3 is 6.01 Å². The predicted molar refractivity (Wildman–Crippen MR) is 42.7 cm³/mol. The number of hydrogen-bond acceptors (Lipinski definition) is 4. The molecule has 0 saturated heterocycles. The zero-order chi connectivity index (χ0) is 7.56. The van der Waals surface area contributed by atoms with Crippen molar-refractivity contribution >= 4 is 12.4 Å². The lowest BCUT2D eigenvalue weighted by Gasteiger charge is -1.92. The van der Waals surface area contributed by atoms with Crippen LogP contribution < -0.4 is 10.5 Å². The highest BCUT2D eigenvalue weighted by Gasteiger charge is 2.03. The average molecular weight is 179 g/mol. The molecule has 0 aliphatic rings. The summed E-state index contributed by atoms with van der Waals surface area (Å²) < 4.78 is 6.41. The van der Waals surface area contributed by atoms with Gasteiger partial charge in [0.25, 0.3) is 0 Å². The molecule has 1 aromatic rings. The summed E-state index contributed by atoms with van der Waals surface area (Å²) in [6.45, 7) is 0.344. The fraction of sp³-hybridized carbons (Fsp3) is 0.600. The minimum atomic E-state index is 0. The largest absolute Gasteiger partial charge is 0.467 e. The molecule has 1 heterocycles. The molecule has 6 heteroatoms. The van der Waals surface area contributed by atoms with Gasteiger partial charge in [-0.15, -0.1) is 12.4 Å². The van der Waals surface area contributed by atoms with Gasteiger partial charge in [0.2, 0.25) is 0 Å². The Morgan fingerprint density at radius 2 is 2.27 bits per heavy atom. The highest BCUT2D eigenvalue weighted by molar-refractivity contribution is 5.85. The van der Waals surface area contributed by atoms with Crippen LogP contribution in [0.1, 0.15) is 5.82 Å². The van der Waals surface area contributed by atoms with Crippen LogP contribution in [0.3, 0.4) is 0 Å². The SMILES string of the molecule is COc1nc(CN)nn1C.Cl. The second-order valence-electron chi connectivity index (χ2n) is 1.84. The first kappa shape index (κ1) is 10.2. The minimum absolute atomic E-state index is 0. The second kappa shape index (κ2) is 4.15. The molecule has 0 aliphatic heterocycles. The van der Waals surface area contributed by atoms with Crippen LogP contribution in [-0.2, 0) is 13.6 Å². The second-order valence-corrected chi connectivity index (χ2v) is 1.84. The Morgan fingerprint density at radius 3 is 2.55 bits per heavy atom. The van der Waals surface area contributed by atoms with Crippen molar-refractivity contribution in [2.75, 3.05) is 7.11 Å². The highest BCUT2D eigenvalue weighted by Crippen LogP contribution is 2.02. The van der Waals surface area contributed by atoms with Gasteiger partial charge in [-0.05, 0) is 0 Å². The summed E-state index contributed by atoms with van der Waals surface area (Å²) in [5.41, 5.74) is 5.29. The van der Waals surface area contributed by atoms with E-state index in [0.29, 0.717) is 18.4 Å². The van der Waals surface area contributed by atoms with Crippen molar-refractivity contribution in [1.82, 2.24) is 14.8 Å². The van der Waals surface area contributed by atoms with Crippen LogP contribution in [0.15, 0.2) is 0 Å². The predicted octanol–water partition coefficient (Wildman–Crippen LogP) is -0.296. The molecule has 0 fully saturated rings. The minimum Gasteiger partial charge on any atom is -0.467 e. The summed E-state index contributed by atoms with van der Waals surface area (Å²) >= 11 is 0. The van der Waals surface area contributed by atoms with E-state index in [-0.39, 0.29) is 12.4 Å². The van der Waals surface area contributed by atoms with Crippen molar-refractivity contribution in [1.29, 1.82) is 0 Å². The van der Waals surface area contributed by atoms with E-state index >= 15 is 0 Å². The average Bonchev–Trinajstić information content (AvgIpc) is 2.30. The third-order valence-corrected chi connectivity index (χ3v) is 1.13. The third kappa shape index (κ3) is 2.06. The molecule has 5 nitrogen and oxygen atoms in total. The van der Waals surface area contributed by atoms with E-state index in [1.807, 2.05) is 0 Å². The maximum Gasteiger partial charge on any atom is 0.314 e. The Labute approximate surface area is 71.0 Å². The molecule has 0 amide bonds. The lowest BCUT2D eigenvalue weighted by molar-refractivity contribution is 0.359. The first-order chi connectivity index (χ1) is 4.77. The smallest absolute Gasteiger partial charge is 0.314 e. The van der Waals surface area contributed by atoms with Gasteiger partial charge in [0.15, 0.2) is 5.82 Å². The van der Waals surface area contributed by atoms with Crippen LogP contribution in [0.25, 0.3) is 0 Å². The van der Waals surface area contributed by atoms with Crippen LogP contribution in [0.2, 0.25) is 0 Å². The summed E-state index contributed by atoms with van der Waals surface area (Å²) in [4.78, 5) is 3.95. The molecule has 2 N–H and O–H groups in total. The van der Waals surface area contributed by atoms with Crippen molar-refractivity contribution in [2.45, 2.75) is 6.54 Å². The van der Waals surface area contributed by atoms with Crippen molar-refractivity contribution < 1.29 is 4.74 Å². The lowest BCUT2D eigenvalue weighted by atomic mass is 10.6. The zero-order valence-corrected chi connectivity index (χ0v) is 7.26. The number of aromatic nitrogens is 3. The number of nitrogens with zero attached hydrogens (tertiary/aromatic N) is 3. The van der Waals surface area contributed by atoms with Gasteiger partial charge in [0.05, 0.1) is 13.7 Å². The van der Waals surface area contributed by atoms with Crippen LogP contribution in [0, 0.1) is 0 Å². The van der Waals surface area contributed by atoms with Crippen molar-refractivity contribution in [3.05, 3.63) is 5.82 Å². The number of nitrogens with two attached hydrogens (primary N) is 1. The third-order valence-electron chi connectivity index (χ3n) is 1.13. The van der Waals surface area contributed by atoms with E-state index in [0.717, 1.165) is 0 Å². The number of methoxy groups -OCH3 is 1. The van der Waals surface area contributed by atoms with E-state index < -0.39 is 0 Å². The van der Waals surface area contributed by atoms with Crippen LogP contribution in [0.5, 0.6) is 6.01 Å². The van der Waals surface area contributed by atoms with E-state index in [4.69, 9.17) is 10.5 Å². The molecule has 1 aromatic heterocycles. The molecule has 0 bridgehead atoms. The number of hydrogen-bond donors (Lipinski definition) is 1. The standard InChI is InChI=1S/C5H10N4O.ClH/c1-9-5(10-2)7-4(3-6)8-9;/h3,6H2,1-2H3;1H. The van der Waals surface area contributed by atoms with Gasteiger partial charge < -0.3 is 10.5 Å². The molecule has 64 valence electrons.